The van der Waals surface area contributed by atoms with Crippen LogP contribution in [-0.2, 0) is 0 Å². The van der Waals surface area contributed by atoms with Gasteiger partial charge in [-0.3, -0.25) is 0 Å². The van der Waals surface area contributed by atoms with E-state index in [4.69, 9.17) is 0 Å². The maximum absolute atomic E-state index is 9.20. The van der Waals surface area contributed by atoms with Gasteiger partial charge in [-0.25, -0.2) is 0 Å². The fraction of sp³-hybridized carbons (Fsp3) is 0.684. The van der Waals surface area contributed by atoms with E-state index in [0.717, 1.165) is 6.42 Å². The molecule has 0 amide bonds. The summed E-state index contributed by atoms with van der Waals surface area (Å²) in [4.78, 5) is 9.06. The molecule has 4 rings (SSSR count). The predicted octanol–water partition coefficient (Wildman–Crippen LogP) is 21.3. The smallest absolute Gasteiger partial charge is 0.0431 e. The van der Waals surface area contributed by atoms with Crippen LogP contribution in [0.4, 0.5) is 0 Å². The van der Waals surface area contributed by atoms with Crippen molar-refractivity contribution >= 4 is 103 Å². The van der Waals surface area contributed by atoms with Crippen molar-refractivity contribution in [1.29, 1.82) is 0 Å². The zero-order chi connectivity index (χ0) is 45.5. The van der Waals surface area contributed by atoms with Crippen LogP contribution < -0.4 is 0 Å². The number of unbranched alkanes of at least 4 members (excludes halogenated alkanes) is 21. The number of hydrogen-bond donors (Lipinski definition) is 1. The van der Waals surface area contributed by atoms with Gasteiger partial charge in [-0.05, 0) is 148 Å². The monoisotopic (exact) mass is 983 g/mol. The molecule has 0 heterocycles. The quantitative estimate of drug-likeness (QED) is 0.0269. The number of aliphatic hydroxyl groups is 1. The average Bonchev–Trinajstić information content (AvgIpc) is 3.31. The van der Waals surface area contributed by atoms with Gasteiger partial charge in [-0.1, -0.05) is 163 Å². The minimum atomic E-state index is 0.337. The second-order valence-corrected chi connectivity index (χ2v) is 24.9. The zero-order valence-electron chi connectivity index (χ0n) is 41.4. The summed E-state index contributed by atoms with van der Waals surface area (Å²) >= 11 is 12.8. The standard InChI is InChI=1S/C57H90OS6/c1-6-11-16-27-34-59-52-40-46-47-41-53(60-35-28-17-12-7-2)55(62-37-30-19-14-9-4)43-49(47)51-45-57(64-39-32-25-23-21-22-24-26-33-58)56(63-38-31-20-15-10-5)44-50(51)48(46)42-54(52)61-36-29-18-13-8-3/h40-45,58H,6-39H2,1-5H3. The van der Waals surface area contributed by atoms with Crippen molar-refractivity contribution in [2.75, 3.05) is 41.1 Å². The largest absolute Gasteiger partial charge is 0.396 e. The van der Waals surface area contributed by atoms with Gasteiger partial charge in [-0.15, -0.1) is 70.6 Å². The number of rotatable bonds is 40. The normalized spacial score (nSPS) is 11.9. The van der Waals surface area contributed by atoms with E-state index in [1.54, 1.807) is 0 Å². The Labute approximate surface area is 419 Å². The molecule has 0 spiro atoms. The lowest BCUT2D eigenvalue weighted by molar-refractivity contribution is 0.282. The van der Waals surface area contributed by atoms with E-state index in [1.807, 2.05) is 0 Å². The molecule has 0 unspecified atom stereocenters. The van der Waals surface area contributed by atoms with Crippen molar-refractivity contribution in [2.24, 2.45) is 0 Å². The number of hydrogen-bond acceptors (Lipinski definition) is 7. The molecule has 4 aromatic carbocycles. The number of aliphatic hydroxyl groups excluding tert-OH is 1. The van der Waals surface area contributed by atoms with Crippen molar-refractivity contribution in [2.45, 2.75) is 237 Å². The van der Waals surface area contributed by atoms with Gasteiger partial charge in [0.25, 0.3) is 0 Å². The summed E-state index contributed by atoms with van der Waals surface area (Å²) in [5.74, 6) is 7.22. The maximum Gasteiger partial charge on any atom is 0.0431 e. The molecule has 0 atom stereocenters. The summed E-state index contributed by atoms with van der Waals surface area (Å²) in [6.45, 7) is 12.0. The first-order valence-electron chi connectivity index (χ1n) is 26.5. The Balaban J connectivity index is 1.89. The van der Waals surface area contributed by atoms with Crippen molar-refractivity contribution in [1.82, 2.24) is 0 Å². The van der Waals surface area contributed by atoms with E-state index < -0.39 is 0 Å². The molecule has 0 aliphatic carbocycles. The molecule has 0 aliphatic heterocycles. The van der Waals surface area contributed by atoms with E-state index in [0.29, 0.717) is 6.61 Å². The summed E-state index contributed by atoms with van der Waals surface area (Å²) in [5, 5.41) is 18.0. The molecule has 64 heavy (non-hydrogen) atoms. The minimum absolute atomic E-state index is 0.337. The van der Waals surface area contributed by atoms with E-state index in [-0.39, 0.29) is 0 Å². The van der Waals surface area contributed by atoms with Gasteiger partial charge in [0.1, 0.15) is 0 Å². The average molecular weight is 984 g/mol. The molecule has 0 radical (unpaired) electrons. The fourth-order valence-electron chi connectivity index (χ4n) is 8.53. The van der Waals surface area contributed by atoms with Crippen LogP contribution in [0.2, 0.25) is 0 Å². The second kappa shape index (κ2) is 35.8. The fourth-order valence-corrected chi connectivity index (χ4v) is 15.4. The second-order valence-electron chi connectivity index (χ2n) is 18.1. The van der Waals surface area contributed by atoms with Crippen molar-refractivity contribution in [3.63, 3.8) is 0 Å². The number of benzene rings is 4. The lowest BCUT2D eigenvalue weighted by Gasteiger charge is -2.20. The Bertz CT molecular complexity index is 1790. The molecule has 0 aromatic heterocycles. The highest BCUT2D eigenvalue weighted by Crippen LogP contribution is 2.47. The molecular weight excluding hydrogens is 893 g/mol. The first-order chi connectivity index (χ1) is 31.6. The molecular formula is C57H90OS6. The molecule has 0 fully saturated rings. The summed E-state index contributed by atoms with van der Waals surface area (Å²) in [6, 6.07) is 16.0. The van der Waals surface area contributed by atoms with Crippen molar-refractivity contribution in [3.8, 4) is 0 Å². The maximum atomic E-state index is 9.20. The van der Waals surface area contributed by atoms with Crippen LogP contribution in [-0.4, -0.2) is 46.2 Å². The first-order valence-corrected chi connectivity index (χ1v) is 32.4. The van der Waals surface area contributed by atoms with Gasteiger partial charge >= 0.3 is 0 Å². The molecule has 0 bridgehead atoms. The van der Waals surface area contributed by atoms with Crippen LogP contribution in [0.3, 0.4) is 0 Å². The summed E-state index contributed by atoms with van der Waals surface area (Å²) in [6.07, 6.45) is 35.0. The molecule has 4 aromatic rings. The molecule has 0 aliphatic rings. The third kappa shape index (κ3) is 20.4. The third-order valence-electron chi connectivity index (χ3n) is 12.5. The predicted molar refractivity (Wildman–Crippen MR) is 303 cm³/mol. The molecule has 1 N–H and O–H groups in total. The van der Waals surface area contributed by atoms with Gasteiger partial charge in [0.05, 0.1) is 0 Å². The summed E-state index contributed by atoms with van der Waals surface area (Å²) in [5.41, 5.74) is 0. The Morgan fingerprint density at radius 2 is 0.422 bits per heavy atom. The lowest BCUT2D eigenvalue weighted by Crippen LogP contribution is -1.94. The van der Waals surface area contributed by atoms with Crippen LogP contribution in [0.5, 0.6) is 0 Å². The number of fused-ring (bicyclic) bond motifs is 6. The van der Waals surface area contributed by atoms with Crippen molar-refractivity contribution in [3.05, 3.63) is 36.4 Å². The zero-order valence-corrected chi connectivity index (χ0v) is 46.3. The Morgan fingerprint density at radius 3 is 0.609 bits per heavy atom. The number of thioether (sulfide) groups is 6. The molecule has 360 valence electrons. The Morgan fingerprint density at radius 1 is 0.250 bits per heavy atom. The van der Waals surface area contributed by atoms with Crippen LogP contribution >= 0.6 is 70.6 Å². The van der Waals surface area contributed by atoms with E-state index >= 15 is 0 Å². The SMILES string of the molecule is CCCCCCSc1cc2c3cc(SCCCCCC)c(SCCCCCC)cc3c3cc(SCCCCCCCCCO)c(SCCCCCC)cc3c2cc1SCCCCCC. The van der Waals surface area contributed by atoms with Gasteiger partial charge in [0, 0.05) is 36.0 Å². The van der Waals surface area contributed by atoms with Crippen LogP contribution in [0.25, 0.3) is 32.3 Å². The van der Waals surface area contributed by atoms with Crippen LogP contribution in [0.15, 0.2) is 65.8 Å². The van der Waals surface area contributed by atoms with Crippen LogP contribution in [0.1, 0.15) is 208 Å². The van der Waals surface area contributed by atoms with Crippen molar-refractivity contribution < 1.29 is 5.11 Å². The molecule has 1 nitrogen and oxygen atoms in total. The highest BCUT2D eigenvalue weighted by atomic mass is 32.2. The topological polar surface area (TPSA) is 20.2 Å². The molecule has 0 saturated carbocycles. The first kappa shape index (κ1) is 56.3. The van der Waals surface area contributed by atoms with Gasteiger partial charge in [-0.2, -0.15) is 0 Å². The lowest BCUT2D eigenvalue weighted by atomic mass is 9.94. The van der Waals surface area contributed by atoms with E-state index in [2.05, 4.69) is 142 Å². The molecule has 0 saturated heterocycles. The summed E-state index contributed by atoms with van der Waals surface area (Å²) in [7, 11) is 0. The Kier molecular flexibility index (Phi) is 31.5. The van der Waals surface area contributed by atoms with Gasteiger partial charge in [0.15, 0.2) is 0 Å². The highest BCUT2D eigenvalue weighted by molar-refractivity contribution is 8.03. The third-order valence-corrected chi connectivity index (χ3v) is 19.7. The Hall–Kier alpha value is -0.280. The highest BCUT2D eigenvalue weighted by Gasteiger charge is 2.19. The molecule has 7 heteroatoms. The van der Waals surface area contributed by atoms with Gasteiger partial charge < -0.3 is 5.11 Å². The van der Waals surface area contributed by atoms with Gasteiger partial charge in [0.2, 0.25) is 0 Å². The minimum Gasteiger partial charge on any atom is -0.396 e. The van der Waals surface area contributed by atoms with Crippen LogP contribution in [0, 0.1) is 0 Å². The van der Waals surface area contributed by atoms with E-state index in [1.165, 1.54) is 263 Å². The summed E-state index contributed by atoms with van der Waals surface area (Å²) < 4.78 is 0. The van der Waals surface area contributed by atoms with E-state index in [9.17, 15) is 5.11 Å².